The molecule has 1 N–H and O–H groups in total. The molecular formula is C15H20BrN3. The molecule has 1 aromatic rings. The molecule has 0 aromatic heterocycles. The topological polar surface area (TPSA) is 39.1 Å². The van der Waals surface area contributed by atoms with E-state index in [2.05, 4.69) is 46.1 Å². The van der Waals surface area contributed by atoms with Gasteiger partial charge in [-0.15, -0.1) is 0 Å². The molecular weight excluding hydrogens is 302 g/mol. The van der Waals surface area contributed by atoms with Gasteiger partial charge in [-0.1, -0.05) is 15.9 Å². The molecule has 3 nitrogen and oxygen atoms in total. The van der Waals surface area contributed by atoms with Gasteiger partial charge in [0, 0.05) is 29.3 Å². The smallest absolute Gasteiger partial charge is 0.127 e. The molecule has 1 aromatic carbocycles. The highest BCUT2D eigenvalue weighted by Crippen LogP contribution is 2.28. The van der Waals surface area contributed by atoms with Crippen molar-refractivity contribution in [1.29, 1.82) is 5.26 Å². The quantitative estimate of drug-likeness (QED) is 0.924. The maximum Gasteiger partial charge on any atom is 0.127 e. The number of benzene rings is 1. The SMILES string of the molecule is CC(C)N1CCC(C#N)(Nc2ccc(Br)cc2)CC1. The third-order valence-electron chi connectivity index (χ3n) is 3.82. The number of hydrogen-bond donors (Lipinski definition) is 1. The summed E-state index contributed by atoms with van der Waals surface area (Å²) in [6.45, 7) is 6.38. The lowest BCUT2D eigenvalue weighted by Crippen LogP contribution is -2.50. The molecule has 0 radical (unpaired) electrons. The molecule has 0 saturated carbocycles. The molecule has 1 heterocycles. The van der Waals surface area contributed by atoms with E-state index in [1.807, 2.05) is 24.3 Å². The normalized spacial score (nSPS) is 19.1. The Balaban J connectivity index is 2.05. The van der Waals surface area contributed by atoms with Crippen molar-refractivity contribution in [1.82, 2.24) is 4.90 Å². The minimum Gasteiger partial charge on any atom is -0.367 e. The molecule has 0 spiro atoms. The van der Waals surface area contributed by atoms with Crippen LogP contribution < -0.4 is 5.32 Å². The molecule has 102 valence electrons. The predicted octanol–water partition coefficient (Wildman–Crippen LogP) is 3.63. The Hall–Kier alpha value is -1.05. The van der Waals surface area contributed by atoms with Crippen LogP contribution in [-0.2, 0) is 0 Å². The Morgan fingerprint density at radius 3 is 2.32 bits per heavy atom. The summed E-state index contributed by atoms with van der Waals surface area (Å²) in [6.07, 6.45) is 1.75. The number of nitriles is 1. The number of likely N-dealkylation sites (tertiary alicyclic amines) is 1. The van der Waals surface area contributed by atoms with Crippen molar-refractivity contribution in [3.63, 3.8) is 0 Å². The highest BCUT2D eigenvalue weighted by atomic mass is 79.9. The summed E-state index contributed by atoms with van der Waals surface area (Å²) in [5.41, 5.74) is 0.599. The minimum atomic E-state index is -0.417. The maximum absolute atomic E-state index is 9.54. The first-order valence-electron chi connectivity index (χ1n) is 6.74. The first kappa shape index (κ1) is 14.4. The lowest BCUT2D eigenvalue weighted by molar-refractivity contribution is 0.160. The predicted molar refractivity (Wildman–Crippen MR) is 82.1 cm³/mol. The van der Waals surface area contributed by atoms with Gasteiger partial charge in [-0.25, -0.2) is 0 Å². The van der Waals surface area contributed by atoms with E-state index in [0.29, 0.717) is 6.04 Å². The van der Waals surface area contributed by atoms with Crippen molar-refractivity contribution in [2.24, 2.45) is 0 Å². The summed E-state index contributed by atoms with van der Waals surface area (Å²) < 4.78 is 1.05. The van der Waals surface area contributed by atoms with Crippen LogP contribution in [0, 0.1) is 11.3 Å². The van der Waals surface area contributed by atoms with E-state index < -0.39 is 5.54 Å². The van der Waals surface area contributed by atoms with Gasteiger partial charge in [-0.05, 0) is 51.0 Å². The average molecular weight is 322 g/mol. The van der Waals surface area contributed by atoms with Crippen LogP contribution in [0.5, 0.6) is 0 Å². The summed E-state index contributed by atoms with van der Waals surface area (Å²) >= 11 is 3.43. The molecule has 1 fully saturated rings. The van der Waals surface area contributed by atoms with Crippen LogP contribution >= 0.6 is 15.9 Å². The summed E-state index contributed by atoms with van der Waals surface area (Å²) in [7, 11) is 0. The van der Waals surface area contributed by atoms with Gasteiger partial charge in [-0.3, -0.25) is 0 Å². The van der Waals surface area contributed by atoms with E-state index in [-0.39, 0.29) is 0 Å². The van der Waals surface area contributed by atoms with E-state index >= 15 is 0 Å². The van der Waals surface area contributed by atoms with E-state index in [9.17, 15) is 5.26 Å². The van der Waals surface area contributed by atoms with Crippen LogP contribution in [0.2, 0.25) is 0 Å². The molecule has 1 aliphatic rings. The van der Waals surface area contributed by atoms with Crippen molar-refractivity contribution in [3.05, 3.63) is 28.7 Å². The Morgan fingerprint density at radius 2 is 1.84 bits per heavy atom. The second-order valence-electron chi connectivity index (χ2n) is 5.46. The van der Waals surface area contributed by atoms with E-state index in [0.717, 1.165) is 36.1 Å². The van der Waals surface area contributed by atoms with Crippen molar-refractivity contribution in [3.8, 4) is 6.07 Å². The number of nitrogens with zero attached hydrogens (tertiary/aromatic N) is 2. The van der Waals surface area contributed by atoms with Gasteiger partial charge in [0.05, 0.1) is 6.07 Å². The van der Waals surface area contributed by atoms with Crippen molar-refractivity contribution >= 4 is 21.6 Å². The molecule has 0 aliphatic carbocycles. The fourth-order valence-electron chi connectivity index (χ4n) is 2.50. The maximum atomic E-state index is 9.54. The number of rotatable bonds is 3. The standard InChI is InChI=1S/C15H20BrN3/c1-12(2)19-9-7-15(11-17,8-10-19)18-14-5-3-13(16)4-6-14/h3-6,12,18H,7-10H2,1-2H3. The van der Waals surface area contributed by atoms with Crippen LogP contribution in [-0.4, -0.2) is 29.6 Å². The highest BCUT2D eigenvalue weighted by molar-refractivity contribution is 9.10. The fourth-order valence-corrected chi connectivity index (χ4v) is 2.76. The van der Waals surface area contributed by atoms with Gasteiger partial charge in [0.2, 0.25) is 0 Å². The van der Waals surface area contributed by atoms with Gasteiger partial charge in [0.25, 0.3) is 0 Å². The van der Waals surface area contributed by atoms with Crippen molar-refractivity contribution < 1.29 is 0 Å². The van der Waals surface area contributed by atoms with E-state index in [1.165, 1.54) is 0 Å². The molecule has 0 amide bonds. The summed E-state index contributed by atoms with van der Waals surface area (Å²) in [6, 6.07) is 11.1. The number of piperidine rings is 1. The fraction of sp³-hybridized carbons (Fsp3) is 0.533. The number of nitrogens with one attached hydrogen (secondary N) is 1. The van der Waals surface area contributed by atoms with Gasteiger partial charge in [-0.2, -0.15) is 5.26 Å². The lowest BCUT2D eigenvalue weighted by atomic mass is 9.88. The van der Waals surface area contributed by atoms with Crippen LogP contribution in [0.15, 0.2) is 28.7 Å². The first-order chi connectivity index (χ1) is 9.04. The third-order valence-corrected chi connectivity index (χ3v) is 4.35. The second-order valence-corrected chi connectivity index (χ2v) is 6.37. The average Bonchev–Trinajstić information content (AvgIpc) is 2.42. The molecule has 0 unspecified atom stereocenters. The second kappa shape index (κ2) is 5.94. The highest BCUT2D eigenvalue weighted by Gasteiger charge is 2.35. The third kappa shape index (κ3) is 3.49. The molecule has 0 atom stereocenters. The zero-order valence-electron chi connectivity index (χ0n) is 11.5. The number of halogens is 1. The van der Waals surface area contributed by atoms with Gasteiger partial charge >= 0.3 is 0 Å². The minimum absolute atomic E-state index is 0.417. The van der Waals surface area contributed by atoms with Crippen LogP contribution in [0.3, 0.4) is 0 Å². The Bertz CT molecular complexity index is 453. The largest absolute Gasteiger partial charge is 0.367 e. The Kier molecular flexibility index (Phi) is 4.49. The molecule has 1 saturated heterocycles. The molecule has 4 heteroatoms. The summed E-state index contributed by atoms with van der Waals surface area (Å²) in [4.78, 5) is 2.43. The summed E-state index contributed by atoms with van der Waals surface area (Å²) in [5, 5.41) is 13.0. The number of hydrogen-bond acceptors (Lipinski definition) is 3. The molecule has 1 aliphatic heterocycles. The molecule has 19 heavy (non-hydrogen) atoms. The monoisotopic (exact) mass is 321 g/mol. The molecule has 2 rings (SSSR count). The van der Waals surface area contributed by atoms with Gasteiger partial charge in [0.15, 0.2) is 0 Å². The van der Waals surface area contributed by atoms with Crippen molar-refractivity contribution in [2.45, 2.75) is 38.3 Å². The first-order valence-corrected chi connectivity index (χ1v) is 7.53. The van der Waals surface area contributed by atoms with E-state index in [4.69, 9.17) is 0 Å². The molecule has 0 bridgehead atoms. The van der Waals surface area contributed by atoms with Gasteiger partial charge < -0.3 is 10.2 Å². The van der Waals surface area contributed by atoms with Crippen molar-refractivity contribution in [2.75, 3.05) is 18.4 Å². The van der Waals surface area contributed by atoms with Crippen LogP contribution in [0.4, 0.5) is 5.69 Å². The van der Waals surface area contributed by atoms with Crippen LogP contribution in [0.1, 0.15) is 26.7 Å². The summed E-state index contributed by atoms with van der Waals surface area (Å²) in [5.74, 6) is 0. The Morgan fingerprint density at radius 1 is 1.26 bits per heavy atom. The van der Waals surface area contributed by atoms with Crippen LogP contribution in [0.25, 0.3) is 0 Å². The van der Waals surface area contributed by atoms with Gasteiger partial charge in [0.1, 0.15) is 5.54 Å². The Labute approximate surface area is 123 Å². The zero-order chi connectivity index (χ0) is 13.9. The lowest BCUT2D eigenvalue weighted by Gasteiger charge is -2.40. The number of anilines is 1. The van der Waals surface area contributed by atoms with E-state index in [1.54, 1.807) is 0 Å². The zero-order valence-corrected chi connectivity index (χ0v) is 13.1.